The number of nitrogens with one attached hydrogen (secondary N) is 2. The Hall–Kier alpha value is -3.87. The molecular formula is C29H29N3O3. The number of amides is 1. The zero-order valence-corrected chi connectivity index (χ0v) is 19.4. The number of carbonyl (C=O) groups is 1. The highest BCUT2D eigenvalue weighted by Gasteiger charge is 2.28. The van der Waals surface area contributed by atoms with Crippen molar-refractivity contribution in [1.82, 2.24) is 15.4 Å². The number of aromatic amines is 1. The molecule has 4 aromatic rings. The van der Waals surface area contributed by atoms with Crippen LogP contribution in [0.3, 0.4) is 0 Å². The fourth-order valence-corrected chi connectivity index (χ4v) is 5.09. The van der Waals surface area contributed by atoms with Gasteiger partial charge in [-0.1, -0.05) is 48.5 Å². The molecule has 6 heteroatoms. The summed E-state index contributed by atoms with van der Waals surface area (Å²) in [6, 6.07) is 22.5. The van der Waals surface area contributed by atoms with Crippen molar-refractivity contribution in [3.8, 4) is 5.75 Å². The maximum Gasteiger partial charge on any atom is 0.267 e. The Morgan fingerprint density at radius 2 is 1.94 bits per heavy atom. The highest BCUT2D eigenvalue weighted by Crippen LogP contribution is 2.37. The van der Waals surface area contributed by atoms with Crippen LogP contribution in [0, 0.1) is 0 Å². The van der Waals surface area contributed by atoms with E-state index in [2.05, 4.69) is 52.5 Å². The van der Waals surface area contributed by atoms with E-state index < -0.39 is 5.91 Å². The number of phenols is 1. The SMILES string of the molecule is O=C(C=Cc1ccc2c(c1)CCC2N(CCc1c[nH]c2ccccc12)Cc1ccc(O)cc1)NO. The van der Waals surface area contributed by atoms with E-state index in [-0.39, 0.29) is 5.75 Å². The van der Waals surface area contributed by atoms with Crippen molar-refractivity contribution in [3.05, 3.63) is 107 Å². The van der Waals surface area contributed by atoms with Gasteiger partial charge in [0.25, 0.3) is 5.91 Å². The third-order valence-corrected chi connectivity index (χ3v) is 6.86. The molecule has 6 nitrogen and oxygen atoms in total. The number of hydrogen-bond donors (Lipinski definition) is 4. The molecule has 35 heavy (non-hydrogen) atoms. The molecule has 1 aromatic heterocycles. The maximum atomic E-state index is 11.3. The molecule has 0 saturated heterocycles. The molecule has 1 amide bonds. The molecule has 1 unspecified atom stereocenters. The molecule has 0 bridgehead atoms. The Balaban J connectivity index is 1.39. The summed E-state index contributed by atoms with van der Waals surface area (Å²) in [4.78, 5) is 17.3. The number of phenolic OH excluding ortho intramolecular Hbond substituents is 1. The fraction of sp³-hybridized carbons (Fsp3) is 0.207. The van der Waals surface area contributed by atoms with Gasteiger partial charge in [-0.05, 0) is 71.4 Å². The number of H-pyrrole nitrogens is 1. The lowest BCUT2D eigenvalue weighted by Crippen LogP contribution is -2.29. The Labute approximate surface area is 204 Å². The van der Waals surface area contributed by atoms with Gasteiger partial charge in [-0.25, -0.2) is 5.48 Å². The van der Waals surface area contributed by atoms with Gasteiger partial charge in [0.05, 0.1) is 0 Å². The summed E-state index contributed by atoms with van der Waals surface area (Å²) in [7, 11) is 0. The molecule has 0 radical (unpaired) electrons. The van der Waals surface area contributed by atoms with Crippen LogP contribution < -0.4 is 5.48 Å². The van der Waals surface area contributed by atoms with Gasteiger partial charge >= 0.3 is 0 Å². The lowest BCUT2D eigenvalue weighted by Gasteiger charge is -2.30. The molecule has 1 aliphatic rings. The standard InChI is InChI=1S/C29H29N3O3/c33-24-10-5-21(6-11-24)19-32(16-15-23-18-30-27-4-2-1-3-25(23)27)28-13-9-22-17-20(7-12-26(22)28)8-14-29(34)31-35/h1-8,10-12,14,17-18,28,30,33,35H,9,13,15-16,19H2,(H,31,34). The highest BCUT2D eigenvalue weighted by molar-refractivity contribution is 5.90. The van der Waals surface area contributed by atoms with Crippen LogP contribution in [0.1, 0.15) is 40.3 Å². The third kappa shape index (κ3) is 5.14. The first-order chi connectivity index (χ1) is 17.1. The van der Waals surface area contributed by atoms with Gasteiger partial charge in [0.2, 0.25) is 0 Å². The highest BCUT2D eigenvalue weighted by atomic mass is 16.5. The van der Waals surface area contributed by atoms with Gasteiger partial charge in [0, 0.05) is 42.3 Å². The van der Waals surface area contributed by atoms with Crippen LogP contribution in [0.4, 0.5) is 0 Å². The molecular weight excluding hydrogens is 438 g/mol. The van der Waals surface area contributed by atoms with Crippen LogP contribution in [-0.2, 0) is 24.2 Å². The smallest absolute Gasteiger partial charge is 0.267 e. The van der Waals surface area contributed by atoms with E-state index in [1.165, 1.54) is 33.7 Å². The molecule has 0 aliphatic heterocycles. The first kappa shape index (κ1) is 22.9. The van der Waals surface area contributed by atoms with Crippen LogP contribution >= 0.6 is 0 Å². The first-order valence-corrected chi connectivity index (χ1v) is 11.9. The van der Waals surface area contributed by atoms with E-state index >= 15 is 0 Å². The Morgan fingerprint density at radius 3 is 2.77 bits per heavy atom. The number of para-hydroxylation sites is 1. The zero-order valence-electron chi connectivity index (χ0n) is 19.4. The van der Waals surface area contributed by atoms with Crippen LogP contribution in [0.2, 0.25) is 0 Å². The van der Waals surface area contributed by atoms with E-state index in [0.29, 0.717) is 6.04 Å². The van der Waals surface area contributed by atoms with Gasteiger partial charge in [-0.15, -0.1) is 0 Å². The number of benzene rings is 3. The molecule has 0 fully saturated rings. The number of aromatic nitrogens is 1. The minimum atomic E-state index is -0.541. The van der Waals surface area contributed by atoms with Gasteiger partial charge < -0.3 is 10.1 Å². The molecule has 3 aromatic carbocycles. The molecule has 0 saturated carbocycles. The largest absolute Gasteiger partial charge is 0.508 e. The van der Waals surface area contributed by atoms with Crippen molar-refractivity contribution in [1.29, 1.82) is 0 Å². The van der Waals surface area contributed by atoms with Crippen molar-refractivity contribution in [3.63, 3.8) is 0 Å². The predicted molar refractivity (Wildman–Crippen MR) is 137 cm³/mol. The minimum absolute atomic E-state index is 0.278. The summed E-state index contributed by atoms with van der Waals surface area (Å²) >= 11 is 0. The molecule has 0 spiro atoms. The third-order valence-electron chi connectivity index (χ3n) is 6.86. The van der Waals surface area contributed by atoms with E-state index in [1.807, 2.05) is 18.2 Å². The molecule has 1 aliphatic carbocycles. The summed E-state index contributed by atoms with van der Waals surface area (Å²) < 4.78 is 0. The van der Waals surface area contributed by atoms with Gasteiger partial charge in [-0.2, -0.15) is 0 Å². The lowest BCUT2D eigenvalue weighted by molar-refractivity contribution is -0.124. The number of hydroxylamine groups is 1. The normalized spacial score (nSPS) is 15.2. The summed E-state index contributed by atoms with van der Waals surface area (Å²) in [5.41, 5.74) is 8.83. The van der Waals surface area contributed by atoms with Crippen molar-refractivity contribution in [2.24, 2.45) is 0 Å². The second kappa shape index (κ2) is 10.2. The summed E-state index contributed by atoms with van der Waals surface area (Å²) in [6.07, 6.45) is 8.10. The number of aryl methyl sites for hydroxylation is 1. The molecule has 1 heterocycles. The fourth-order valence-electron chi connectivity index (χ4n) is 5.09. The lowest BCUT2D eigenvalue weighted by atomic mass is 10.0. The number of carbonyl (C=O) groups excluding carboxylic acids is 1. The van der Waals surface area contributed by atoms with Crippen molar-refractivity contribution in [2.45, 2.75) is 31.8 Å². The number of nitrogens with zero attached hydrogens (tertiary/aromatic N) is 1. The topological polar surface area (TPSA) is 88.6 Å². The molecule has 178 valence electrons. The van der Waals surface area contributed by atoms with E-state index in [4.69, 9.17) is 5.21 Å². The Morgan fingerprint density at radius 1 is 1.11 bits per heavy atom. The zero-order chi connectivity index (χ0) is 24.2. The maximum absolute atomic E-state index is 11.3. The van der Waals surface area contributed by atoms with Crippen LogP contribution in [-0.4, -0.2) is 32.6 Å². The van der Waals surface area contributed by atoms with Crippen molar-refractivity contribution >= 4 is 22.9 Å². The van der Waals surface area contributed by atoms with E-state index in [1.54, 1.807) is 23.7 Å². The molecule has 4 N–H and O–H groups in total. The summed E-state index contributed by atoms with van der Waals surface area (Å²) in [5.74, 6) is -0.263. The van der Waals surface area contributed by atoms with E-state index in [9.17, 15) is 9.90 Å². The van der Waals surface area contributed by atoms with Crippen LogP contribution in [0.25, 0.3) is 17.0 Å². The van der Waals surface area contributed by atoms with Gasteiger partial charge in [0.15, 0.2) is 0 Å². The van der Waals surface area contributed by atoms with Crippen molar-refractivity contribution < 1.29 is 15.1 Å². The van der Waals surface area contributed by atoms with Gasteiger partial charge in [-0.3, -0.25) is 14.9 Å². The number of aromatic hydroxyl groups is 1. The van der Waals surface area contributed by atoms with Crippen LogP contribution in [0.5, 0.6) is 5.75 Å². The average Bonchev–Trinajstić information content (AvgIpc) is 3.50. The monoisotopic (exact) mass is 467 g/mol. The van der Waals surface area contributed by atoms with Gasteiger partial charge in [0.1, 0.15) is 5.75 Å². The Bertz CT molecular complexity index is 1360. The van der Waals surface area contributed by atoms with Crippen molar-refractivity contribution in [2.75, 3.05) is 6.54 Å². The minimum Gasteiger partial charge on any atom is -0.508 e. The number of fused-ring (bicyclic) bond motifs is 2. The first-order valence-electron chi connectivity index (χ1n) is 11.9. The second-order valence-electron chi connectivity index (χ2n) is 9.07. The molecule has 1 atom stereocenters. The molecule has 5 rings (SSSR count). The second-order valence-corrected chi connectivity index (χ2v) is 9.07. The van der Waals surface area contributed by atoms with Crippen LogP contribution in [0.15, 0.2) is 79.0 Å². The van der Waals surface area contributed by atoms with E-state index in [0.717, 1.165) is 43.4 Å². The Kier molecular flexibility index (Phi) is 6.66. The number of hydrogen-bond acceptors (Lipinski definition) is 4. The quantitative estimate of drug-likeness (QED) is 0.164. The number of rotatable bonds is 8. The summed E-state index contributed by atoms with van der Waals surface area (Å²) in [5, 5.41) is 19.7. The predicted octanol–water partition coefficient (Wildman–Crippen LogP) is 5.12. The summed E-state index contributed by atoms with van der Waals surface area (Å²) in [6.45, 7) is 1.70. The average molecular weight is 468 g/mol.